The van der Waals surface area contributed by atoms with Crippen LogP contribution in [0.2, 0.25) is 0 Å². The molecule has 1 rings (SSSR count). The van der Waals surface area contributed by atoms with E-state index < -0.39 is 17.4 Å². The van der Waals surface area contributed by atoms with Crippen molar-refractivity contribution in [2.24, 2.45) is 11.3 Å². The largest absolute Gasteiger partial charge is 0.465 e. The number of rotatable bonds is 6. The van der Waals surface area contributed by atoms with Crippen LogP contribution in [0.25, 0.3) is 0 Å². The summed E-state index contributed by atoms with van der Waals surface area (Å²) in [5.74, 6) is 1.04. The van der Waals surface area contributed by atoms with E-state index in [1.807, 2.05) is 12.2 Å². The second kappa shape index (κ2) is 7.74. The lowest BCUT2D eigenvalue weighted by Crippen LogP contribution is -2.47. The highest BCUT2D eigenvalue weighted by molar-refractivity contribution is 6.01. The summed E-state index contributed by atoms with van der Waals surface area (Å²) in [6, 6.07) is 0. The highest BCUT2D eigenvalue weighted by Crippen LogP contribution is 2.40. The zero-order valence-corrected chi connectivity index (χ0v) is 12.2. The molecule has 0 N–H and O–H groups in total. The lowest BCUT2D eigenvalue weighted by Gasteiger charge is -2.34. The first-order valence-corrected chi connectivity index (χ1v) is 7.08. The van der Waals surface area contributed by atoms with E-state index in [-0.39, 0.29) is 25.6 Å². The van der Waals surface area contributed by atoms with Gasteiger partial charge in [0.2, 0.25) is 0 Å². The van der Waals surface area contributed by atoms with Gasteiger partial charge in [-0.2, -0.15) is 0 Å². The molecule has 0 heterocycles. The Balaban J connectivity index is 3.21. The fourth-order valence-electron chi connectivity index (χ4n) is 2.57. The molecule has 0 aliphatic heterocycles. The average molecular weight is 278 g/mol. The molecule has 0 aromatic carbocycles. The maximum Gasteiger partial charge on any atom is 0.325 e. The number of esters is 2. The van der Waals surface area contributed by atoms with Gasteiger partial charge in [0.25, 0.3) is 0 Å². The van der Waals surface area contributed by atoms with Crippen molar-refractivity contribution in [3.63, 3.8) is 0 Å². The molecule has 0 saturated heterocycles. The summed E-state index contributed by atoms with van der Waals surface area (Å²) in [4.78, 5) is 24.8. The van der Waals surface area contributed by atoms with Gasteiger partial charge in [-0.15, -0.1) is 12.3 Å². The van der Waals surface area contributed by atoms with Crippen molar-refractivity contribution in [2.45, 2.75) is 39.5 Å². The molecule has 0 saturated carbocycles. The van der Waals surface area contributed by atoms with E-state index >= 15 is 0 Å². The standard InChI is InChI=1S/C16H22O4/c1-4-12-16(14(17)19-5-2,15(18)20-6-3)13-10-8-7-9-11-13/h1,8,10,13H,5-7,9,11-12H2,2-3H3. The number of ether oxygens (including phenoxy) is 2. The minimum Gasteiger partial charge on any atom is -0.465 e. The van der Waals surface area contributed by atoms with E-state index in [9.17, 15) is 9.59 Å². The SMILES string of the molecule is C#CCC(C(=O)OCC)(C(=O)OCC)C1C=CCCC1. The molecule has 0 radical (unpaired) electrons. The van der Waals surface area contributed by atoms with Crippen molar-refractivity contribution in [3.8, 4) is 12.3 Å². The van der Waals surface area contributed by atoms with E-state index in [0.29, 0.717) is 0 Å². The molecule has 1 aliphatic carbocycles. The van der Waals surface area contributed by atoms with Crippen LogP contribution < -0.4 is 0 Å². The second-order valence-corrected chi connectivity index (χ2v) is 4.76. The van der Waals surface area contributed by atoms with Crippen LogP contribution in [0.5, 0.6) is 0 Å². The van der Waals surface area contributed by atoms with Crippen molar-refractivity contribution >= 4 is 11.9 Å². The highest BCUT2D eigenvalue weighted by atomic mass is 16.6. The summed E-state index contributed by atoms with van der Waals surface area (Å²) in [6.45, 7) is 3.84. The van der Waals surface area contributed by atoms with Gasteiger partial charge in [-0.05, 0) is 33.1 Å². The number of hydrogen-bond acceptors (Lipinski definition) is 4. The summed E-state index contributed by atoms with van der Waals surface area (Å²) in [5.41, 5.74) is -1.41. The maximum absolute atomic E-state index is 12.4. The molecule has 1 atom stereocenters. The fourth-order valence-corrected chi connectivity index (χ4v) is 2.57. The lowest BCUT2D eigenvalue weighted by molar-refractivity contribution is -0.175. The molecule has 1 aliphatic rings. The van der Waals surface area contributed by atoms with Crippen molar-refractivity contribution in [1.82, 2.24) is 0 Å². The predicted molar refractivity (Wildman–Crippen MR) is 75.6 cm³/mol. The molecular weight excluding hydrogens is 256 g/mol. The minimum absolute atomic E-state index is 0.000324. The number of carbonyl (C=O) groups is 2. The first-order valence-electron chi connectivity index (χ1n) is 7.08. The van der Waals surface area contributed by atoms with Crippen molar-refractivity contribution in [2.75, 3.05) is 13.2 Å². The van der Waals surface area contributed by atoms with Crippen LogP contribution in [0.1, 0.15) is 39.5 Å². The Kier molecular flexibility index (Phi) is 6.30. The third-order valence-electron chi connectivity index (χ3n) is 3.55. The van der Waals surface area contributed by atoms with Crippen LogP contribution in [-0.4, -0.2) is 25.2 Å². The molecule has 110 valence electrons. The molecule has 0 aromatic heterocycles. The second-order valence-electron chi connectivity index (χ2n) is 4.76. The summed E-state index contributed by atoms with van der Waals surface area (Å²) in [7, 11) is 0. The molecule has 4 nitrogen and oxygen atoms in total. The zero-order valence-electron chi connectivity index (χ0n) is 12.2. The van der Waals surface area contributed by atoms with E-state index in [2.05, 4.69) is 5.92 Å². The third kappa shape index (κ3) is 3.22. The number of carbonyl (C=O) groups excluding carboxylic acids is 2. The Bertz CT molecular complexity index is 399. The van der Waals surface area contributed by atoms with Crippen molar-refractivity contribution in [1.29, 1.82) is 0 Å². The van der Waals surface area contributed by atoms with Gasteiger partial charge in [-0.3, -0.25) is 9.59 Å². The van der Waals surface area contributed by atoms with Crippen LogP contribution in [0, 0.1) is 23.7 Å². The van der Waals surface area contributed by atoms with Gasteiger partial charge in [-0.1, -0.05) is 12.2 Å². The third-order valence-corrected chi connectivity index (χ3v) is 3.55. The molecule has 0 bridgehead atoms. The molecular formula is C16H22O4. The summed E-state index contributed by atoms with van der Waals surface area (Å²) < 4.78 is 10.2. The normalized spacial score (nSPS) is 18.1. The first-order chi connectivity index (χ1) is 9.63. The average Bonchev–Trinajstić information content (AvgIpc) is 2.46. The summed E-state index contributed by atoms with van der Waals surface area (Å²) in [5, 5.41) is 0. The first kappa shape index (κ1) is 16.3. The van der Waals surface area contributed by atoms with Gasteiger partial charge in [0, 0.05) is 12.3 Å². The summed E-state index contributed by atoms with van der Waals surface area (Å²) in [6.07, 6.45) is 11.9. The highest BCUT2D eigenvalue weighted by Gasteiger charge is 2.53. The molecule has 0 amide bonds. The minimum atomic E-state index is -1.41. The monoisotopic (exact) mass is 278 g/mol. The number of hydrogen-bond donors (Lipinski definition) is 0. The molecule has 0 aromatic rings. The Morgan fingerprint density at radius 3 is 2.30 bits per heavy atom. The van der Waals surface area contributed by atoms with E-state index in [4.69, 9.17) is 15.9 Å². The van der Waals surface area contributed by atoms with E-state index in [1.54, 1.807) is 13.8 Å². The van der Waals surface area contributed by atoms with Gasteiger partial charge in [-0.25, -0.2) is 0 Å². The van der Waals surface area contributed by atoms with Crippen LogP contribution in [-0.2, 0) is 19.1 Å². The molecule has 0 spiro atoms. The molecule has 0 fully saturated rings. The van der Waals surface area contributed by atoms with Gasteiger partial charge < -0.3 is 9.47 Å². The van der Waals surface area contributed by atoms with Gasteiger partial charge in [0.15, 0.2) is 5.41 Å². The topological polar surface area (TPSA) is 52.6 Å². The van der Waals surface area contributed by atoms with Crippen LogP contribution in [0.3, 0.4) is 0 Å². The molecule has 1 unspecified atom stereocenters. The fraction of sp³-hybridized carbons (Fsp3) is 0.625. The van der Waals surface area contributed by atoms with Crippen molar-refractivity contribution < 1.29 is 19.1 Å². The van der Waals surface area contributed by atoms with E-state index in [1.165, 1.54) is 0 Å². The number of terminal acetylenes is 1. The lowest BCUT2D eigenvalue weighted by atomic mass is 9.69. The molecule has 4 heteroatoms. The smallest absolute Gasteiger partial charge is 0.325 e. The van der Waals surface area contributed by atoms with Crippen LogP contribution >= 0.6 is 0 Å². The van der Waals surface area contributed by atoms with Crippen molar-refractivity contribution in [3.05, 3.63) is 12.2 Å². The summed E-state index contributed by atoms with van der Waals surface area (Å²) >= 11 is 0. The quantitative estimate of drug-likeness (QED) is 0.324. The van der Waals surface area contributed by atoms with Gasteiger partial charge in [0.05, 0.1) is 13.2 Å². The van der Waals surface area contributed by atoms with Gasteiger partial charge >= 0.3 is 11.9 Å². The Morgan fingerprint density at radius 1 is 1.30 bits per heavy atom. The van der Waals surface area contributed by atoms with Crippen LogP contribution in [0.4, 0.5) is 0 Å². The number of allylic oxidation sites excluding steroid dienone is 2. The predicted octanol–water partition coefficient (Wildman–Crippen LogP) is 2.48. The van der Waals surface area contributed by atoms with Crippen LogP contribution in [0.15, 0.2) is 12.2 Å². The Morgan fingerprint density at radius 2 is 1.90 bits per heavy atom. The maximum atomic E-state index is 12.4. The Hall–Kier alpha value is -1.76. The molecule has 20 heavy (non-hydrogen) atoms. The zero-order chi connectivity index (χ0) is 15.0. The van der Waals surface area contributed by atoms with Gasteiger partial charge in [0.1, 0.15) is 0 Å². The Labute approximate surface area is 120 Å². The van der Waals surface area contributed by atoms with E-state index in [0.717, 1.165) is 19.3 Å².